The van der Waals surface area contributed by atoms with Crippen LogP contribution in [0.15, 0.2) is 53.8 Å². The van der Waals surface area contributed by atoms with Gasteiger partial charge in [0.05, 0.1) is 11.9 Å². The first-order valence-electron chi connectivity index (χ1n) is 8.46. The Bertz CT molecular complexity index is 1150. The zero-order chi connectivity index (χ0) is 18.8. The average molecular weight is 364 g/mol. The molecule has 0 spiro atoms. The van der Waals surface area contributed by atoms with E-state index in [9.17, 15) is 9.18 Å². The number of aromatic nitrogens is 5. The molecule has 0 unspecified atom stereocenters. The van der Waals surface area contributed by atoms with E-state index in [0.717, 1.165) is 11.9 Å². The Hall–Kier alpha value is -3.55. The highest BCUT2D eigenvalue weighted by atomic mass is 19.1. The molecule has 0 radical (unpaired) electrons. The molecule has 0 bridgehead atoms. The van der Waals surface area contributed by atoms with E-state index in [1.54, 1.807) is 25.6 Å². The molecule has 136 valence electrons. The van der Waals surface area contributed by atoms with E-state index in [1.165, 1.54) is 10.6 Å². The monoisotopic (exact) mass is 364 g/mol. The minimum Gasteiger partial charge on any atom is -0.365 e. The number of hydrogen-bond acceptors (Lipinski definition) is 5. The van der Waals surface area contributed by atoms with Gasteiger partial charge in [0.1, 0.15) is 11.5 Å². The molecule has 0 aliphatic heterocycles. The lowest BCUT2D eigenvalue weighted by Crippen LogP contribution is -2.24. The zero-order valence-electron chi connectivity index (χ0n) is 14.6. The van der Waals surface area contributed by atoms with Crippen molar-refractivity contribution in [1.82, 2.24) is 24.5 Å². The van der Waals surface area contributed by atoms with Crippen molar-refractivity contribution in [2.75, 3.05) is 11.9 Å². The third kappa shape index (κ3) is 3.41. The molecular formula is C19H17FN6O. The van der Waals surface area contributed by atoms with Gasteiger partial charge in [-0.2, -0.15) is 0 Å². The highest BCUT2D eigenvalue weighted by Crippen LogP contribution is 2.26. The number of aryl methyl sites for hydroxylation is 1. The van der Waals surface area contributed by atoms with Crippen molar-refractivity contribution in [2.45, 2.75) is 6.42 Å². The first kappa shape index (κ1) is 16.9. The summed E-state index contributed by atoms with van der Waals surface area (Å²) >= 11 is 0. The number of hydrogen-bond donors (Lipinski definition) is 2. The SMILES string of the molecule is Cn1cc(-c2c[nH]c3ncc(F)cc23)nc(NCCc2ccccn2)c1=O. The summed E-state index contributed by atoms with van der Waals surface area (Å²) in [6.07, 6.45) is 6.89. The lowest BCUT2D eigenvalue weighted by molar-refractivity contribution is 0.624. The number of rotatable bonds is 5. The van der Waals surface area contributed by atoms with Gasteiger partial charge in [0.2, 0.25) is 0 Å². The molecule has 0 saturated heterocycles. The Morgan fingerprint density at radius 1 is 1.30 bits per heavy atom. The van der Waals surface area contributed by atoms with Crippen molar-refractivity contribution < 1.29 is 4.39 Å². The molecule has 0 saturated carbocycles. The van der Waals surface area contributed by atoms with Crippen LogP contribution in [0.5, 0.6) is 0 Å². The molecule has 0 amide bonds. The number of nitrogens with zero attached hydrogens (tertiary/aromatic N) is 4. The topological polar surface area (TPSA) is 88.5 Å². The van der Waals surface area contributed by atoms with Gasteiger partial charge in [0.25, 0.3) is 5.56 Å². The summed E-state index contributed by atoms with van der Waals surface area (Å²) in [7, 11) is 1.66. The molecule has 8 heteroatoms. The standard InChI is InChI=1S/C19H17FN6O/c1-26-11-16(15-10-24-17-14(15)8-12(20)9-23-17)25-18(19(26)27)22-7-5-13-4-2-3-6-21-13/h2-4,6,8-11H,5,7H2,1H3,(H,22,25)(H,23,24). The van der Waals surface area contributed by atoms with Crippen LogP contribution in [0.2, 0.25) is 0 Å². The number of H-pyrrole nitrogens is 1. The molecule has 0 fully saturated rings. The Morgan fingerprint density at radius 3 is 3.00 bits per heavy atom. The second-order valence-corrected chi connectivity index (χ2v) is 6.14. The summed E-state index contributed by atoms with van der Waals surface area (Å²) in [4.78, 5) is 28.1. The molecule has 4 aromatic rings. The summed E-state index contributed by atoms with van der Waals surface area (Å²) < 4.78 is 15.0. The molecule has 0 atom stereocenters. The largest absolute Gasteiger partial charge is 0.365 e. The van der Waals surface area contributed by atoms with Gasteiger partial charge in [0, 0.05) is 55.2 Å². The number of anilines is 1. The second-order valence-electron chi connectivity index (χ2n) is 6.14. The van der Waals surface area contributed by atoms with Gasteiger partial charge in [0.15, 0.2) is 5.82 Å². The van der Waals surface area contributed by atoms with Crippen LogP contribution in [0.3, 0.4) is 0 Å². The zero-order valence-corrected chi connectivity index (χ0v) is 14.6. The minimum absolute atomic E-state index is 0.232. The van der Waals surface area contributed by atoms with Crippen LogP contribution in [0.4, 0.5) is 10.2 Å². The number of pyridine rings is 2. The van der Waals surface area contributed by atoms with Gasteiger partial charge in [-0.15, -0.1) is 0 Å². The number of halogens is 1. The molecule has 4 heterocycles. The highest BCUT2D eigenvalue weighted by Gasteiger charge is 2.13. The molecule has 7 nitrogen and oxygen atoms in total. The molecule has 4 rings (SSSR count). The van der Waals surface area contributed by atoms with Crippen LogP contribution >= 0.6 is 0 Å². The van der Waals surface area contributed by atoms with E-state index >= 15 is 0 Å². The molecule has 4 aromatic heterocycles. The smallest absolute Gasteiger partial charge is 0.293 e. The maximum atomic E-state index is 13.6. The molecule has 27 heavy (non-hydrogen) atoms. The van der Waals surface area contributed by atoms with Crippen LogP contribution in [-0.4, -0.2) is 31.0 Å². The van der Waals surface area contributed by atoms with Crippen LogP contribution in [-0.2, 0) is 13.5 Å². The summed E-state index contributed by atoms with van der Waals surface area (Å²) in [5, 5.41) is 3.69. The third-order valence-electron chi connectivity index (χ3n) is 4.24. The van der Waals surface area contributed by atoms with Crippen LogP contribution in [0.25, 0.3) is 22.3 Å². The van der Waals surface area contributed by atoms with Crippen LogP contribution < -0.4 is 10.9 Å². The van der Waals surface area contributed by atoms with Gasteiger partial charge in [-0.25, -0.2) is 14.4 Å². The van der Waals surface area contributed by atoms with Crippen molar-refractivity contribution in [3.63, 3.8) is 0 Å². The summed E-state index contributed by atoms with van der Waals surface area (Å²) in [6, 6.07) is 7.10. The number of fused-ring (bicyclic) bond motifs is 1. The molecule has 2 N–H and O–H groups in total. The fourth-order valence-corrected chi connectivity index (χ4v) is 2.90. The molecule has 0 aliphatic carbocycles. The quantitative estimate of drug-likeness (QED) is 0.568. The van der Waals surface area contributed by atoms with E-state index in [-0.39, 0.29) is 11.4 Å². The third-order valence-corrected chi connectivity index (χ3v) is 4.24. The number of nitrogens with one attached hydrogen (secondary N) is 2. The fraction of sp³-hybridized carbons (Fsp3) is 0.158. The Kier molecular flexibility index (Phi) is 4.37. The van der Waals surface area contributed by atoms with E-state index in [2.05, 4.69) is 25.3 Å². The van der Waals surface area contributed by atoms with E-state index in [1.807, 2.05) is 18.2 Å². The number of aromatic amines is 1. The summed E-state index contributed by atoms with van der Waals surface area (Å²) in [6.45, 7) is 0.521. The van der Waals surface area contributed by atoms with Crippen molar-refractivity contribution in [3.05, 3.63) is 70.9 Å². The lowest BCUT2D eigenvalue weighted by atomic mass is 10.1. The van der Waals surface area contributed by atoms with Crippen molar-refractivity contribution in [3.8, 4) is 11.3 Å². The van der Waals surface area contributed by atoms with Gasteiger partial charge < -0.3 is 14.9 Å². The Labute approximate surface area is 153 Å². The second kappa shape index (κ2) is 6.99. The van der Waals surface area contributed by atoms with Crippen LogP contribution in [0.1, 0.15) is 5.69 Å². The van der Waals surface area contributed by atoms with Crippen LogP contribution in [0, 0.1) is 5.82 Å². The molecule has 0 aromatic carbocycles. The van der Waals surface area contributed by atoms with Gasteiger partial charge >= 0.3 is 0 Å². The van der Waals surface area contributed by atoms with Crippen molar-refractivity contribution in [1.29, 1.82) is 0 Å². The highest BCUT2D eigenvalue weighted by molar-refractivity contribution is 5.92. The van der Waals surface area contributed by atoms with Crippen molar-refractivity contribution >= 4 is 16.9 Å². The maximum absolute atomic E-state index is 13.6. The van der Waals surface area contributed by atoms with E-state index in [4.69, 9.17) is 0 Å². The first-order chi connectivity index (χ1) is 13.1. The Morgan fingerprint density at radius 2 is 2.19 bits per heavy atom. The van der Waals surface area contributed by atoms with Gasteiger partial charge in [-0.05, 0) is 18.2 Å². The fourth-order valence-electron chi connectivity index (χ4n) is 2.90. The normalized spacial score (nSPS) is 11.0. The molecule has 0 aliphatic rings. The molecular weight excluding hydrogens is 347 g/mol. The van der Waals surface area contributed by atoms with Gasteiger partial charge in [-0.3, -0.25) is 9.78 Å². The first-order valence-corrected chi connectivity index (χ1v) is 8.46. The minimum atomic E-state index is -0.429. The Balaban J connectivity index is 1.64. The van der Waals surface area contributed by atoms with Gasteiger partial charge in [-0.1, -0.05) is 6.07 Å². The van der Waals surface area contributed by atoms with E-state index in [0.29, 0.717) is 35.3 Å². The summed E-state index contributed by atoms with van der Waals surface area (Å²) in [5.74, 6) is -0.188. The van der Waals surface area contributed by atoms with Crippen molar-refractivity contribution in [2.24, 2.45) is 7.05 Å². The maximum Gasteiger partial charge on any atom is 0.293 e. The van der Waals surface area contributed by atoms with E-state index < -0.39 is 5.82 Å². The summed E-state index contributed by atoms with van der Waals surface area (Å²) in [5.41, 5.74) is 2.49. The lowest BCUT2D eigenvalue weighted by Gasteiger charge is -2.09. The predicted octanol–water partition coefficient (Wildman–Crippen LogP) is 2.51. The predicted molar refractivity (Wildman–Crippen MR) is 101 cm³/mol. The average Bonchev–Trinajstić information content (AvgIpc) is 3.09.